The van der Waals surface area contributed by atoms with Crippen LogP contribution >= 0.6 is 0 Å². The summed E-state index contributed by atoms with van der Waals surface area (Å²) in [5.41, 5.74) is 4.89. The second-order valence-electron chi connectivity index (χ2n) is 3.74. The van der Waals surface area contributed by atoms with E-state index >= 15 is 0 Å². The molecule has 1 heterocycles. The number of primary amides is 1. The molecule has 1 aromatic heterocycles. The monoisotopic (exact) mass is 247 g/mol. The smallest absolute Gasteiger partial charge is 0.271 e. The maximum atomic E-state index is 13.6. The number of benzene rings is 1. The van der Waals surface area contributed by atoms with E-state index in [1.165, 1.54) is 24.3 Å². The first-order chi connectivity index (χ1) is 8.50. The molecule has 1 aromatic carbocycles. The van der Waals surface area contributed by atoms with Gasteiger partial charge in [0.15, 0.2) is 5.69 Å². The minimum absolute atomic E-state index is 0.0231. The Hall–Kier alpha value is -2.50. The molecule has 0 aliphatic heterocycles. The van der Waals surface area contributed by atoms with Crippen molar-refractivity contribution in [3.8, 4) is 5.69 Å². The molecule has 2 N–H and O–H groups in total. The number of aromatic nitrogens is 2. The number of hydrogen-bond donors (Lipinski definition) is 1. The van der Waals surface area contributed by atoms with Crippen LogP contribution in [-0.4, -0.2) is 15.7 Å². The van der Waals surface area contributed by atoms with Crippen LogP contribution in [0.3, 0.4) is 0 Å². The van der Waals surface area contributed by atoms with Gasteiger partial charge in [0.25, 0.3) is 11.5 Å². The van der Waals surface area contributed by atoms with E-state index < -0.39 is 17.3 Å². The highest BCUT2D eigenvalue weighted by molar-refractivity contribution is 5.91. The summed E-state index contributed by atoms with van der Waals surface area (Å²) in [5, 5.41) is 3.79. The van der Waals surface area contributed by atoms with Crippen LogP contribution in [0.2, 0.25) is 0 Å². The van der Waals surface area contributed by atoms with Crippen molar-refractivity contribution in [2.45, 2.75) is 6.92 Å². The van der Waals surface area contributed by atoms with Crippen LogP contribution in [0.1, 0.15) is 16.1 Å². The van der Waals surface area contributed by atoms with Gasteiger partial charge in [-0.1, -0.05) is 12.1 Å². The number of para-hydroxylation sites is 1. The maximum absolute atomic E-state index is 13.6. The highest BCUT2D eigenvalue weighted by Gasteiger charge is 2.13. The molecule has 0 saturated heterocycles. The molecule has 2 rings (SSSR count). The van der Waals surface area contributed by atoms with E-state index in [0.29, 0.717) is 5.56 Å². The quantitative estimate of drug-likeness (QED) is 0.851. The lowest BCUT2D eigenvalue weighted by Gasteiger charge is -2.08. The van der Waals surface area contributed by atoms with Crippen LogP contribution in [0.5, 0.6) is 0 Å². The van der Waals surface area contributed by atoms with Gasteiger partial charge in [-0.2, -0.15) is 9.78 Å². The lowest BCUT2D eigenvalue weighted by Crippen LogP contribution is -2.27. The number of carbonyl (C=O) groups is 1. The number of nitrogens with two attached hydrogens (primary N) is 1. The van der Waals surface area contributed by atoms with E-state index in [2.05, 4.69) is 5.10 Å². The van der Waals surface area contributed by atoms with E-state index in [0.717, 1.165) is 4.68 Å². The van der Waals surface area contributed by atoms with E-state index in [-0.39, 0.29) is 11.4 Å². The number of hydrogen-bond acceptors (Lipinski definition) is 3. The molecule has 0 fully saturated rings. The van der Waals surface area contributed by atoms with Gasteiger partial charge in [-0.05, 0) is 24.6 Å². The molecule has 92 valence electrons. The Morgan fingerprint density at radius 1 is 1.39 bits per heavy atom. The van der Waals surface area contributed by atoms with E-state index in [9.17, 15) is 14.0 Å². The largest absolute Gasteiger partial charge is 0.364 e. The highest BCUT2D eigenvalue weighted by atomic mass is 19.1. The Labute approximate surface area is 102 Å². The zero-order chi connectivity index (χ0) is 13.3. The summed E-state index contributed by atoms with van der Waals surface area (Å²) in [6.45, 7) is 1.54. The van der Waals surface area contributed by atoms with Crippen LogP contribution in [0.4, 0.5) is 4.39 Å². The Bertz CT molecular complexity index is 679. The number of aryl methyl sites for hydroxylation is 1. The minimum Gasteiger partial charge on any atom is -0.364 e. The van der Waals surface area contributed by atoms with Gasteiger partial charge >= 0.3 is 0 Å². The summed E-state index contributed by atoms with van der Waals surface area (Å²) < 4.78 is 14.4. The van der Waals surface area contributed by atoms with Crippen molar-refractivity contribution in [1.82, 2.24) is 9.78 Å². The van der Waals surface area contributed by atoms with Gasteiger partial charge in [-0.25, -0.2) is 4.39 Å². The molecule has 0 spiro atoms. The first kappa shape index (κ1) is 12.0. The fraction of sp³-hybridized carbons (Fsp3) is 0.0833. The molecule has 0 unspecified atom stereocenters. The minimum atomic E-state index is -0.766. The number of rotatable bonds is 2. The number of halogens is 1. The van der Waals surface area contributed by atoms with Crippen LogP contribution in [0.25, 0.3) is 5.69 Å². The summed E-state index contributed by atoms with van der Waals surface area (Å²) in [6.07, 6.45) is 0. The van der Waals surface area contributed by atoms with Gasteiger partial charge in [0.1, 0.15) is 11.5 Å². The molecule has 0 radical (unpaired) electrons. The van der Waals surface area contributed by atoms with Gasteiger partial charge in [-0.3, -0.25) is 9.59 Å². The molecule has 0 atom stereocenters. The lowest BCUT2D eigenvalue weighted by molar-refractivity contribution is 0.0993. The third-order valence-corrected chi connectivity index (χ3v) is 2.44. The second kappa shape index (κ2) is 4.40. The van der Waals surface area contributed by atoms with Crippen LogP contribution in [0.15, 0.2) is 35.1 Å². The van der Waals surface area contributed by atoms with Gasteiger partial charge < -0.3 is 5.73 Å². The van der Waals surface area contributed by atoms with Gasteiger partial charge in [-0.15, -0.1) is 0 Å². The second-order valence-corrected chi connectivity index (χ2v) is 3.74. The van der Waals surface area contributed by atoms with Crippen molar-refractivity contribution < 1.29 is 9.18 Å². The Morgan fingerprint density at radius 2 is 2.06 bits per heavy atom. The topological polar surface area (TPSA) is 78.0 Å². The molecule has 1 amide bonds. The zero-order valence-electron chi connectivity index (χ0n) is 9.55. The third kappa shape index (κ3) is 2.00. The van der Waals surface area contributed by atoms with Gasteiger partial charge in [0, 0.05) is 6.07 Å². The summed E-state index contributed by atoms with van der Waals surface area (Å²) >= 11 is 0. The van der Waals surface area contributed by atoms with Gasteiger partial charge in [0.05, 0.1) is 0 Å². The summed E-state index contributed by atoms with van der Waals surface area (Å²) in [5.74, 6) is -1.37. The van der Waals surface area contributed by atoms with Gasteiger partial charge in [0.2, 0.25) is 0 Å². The van der Waals surface area contributed by atoms with E-state index in [4.69, 9.17) is 5.73 Å². The molecular weight excluding hydrogens is 237 g/mol. The Balaban J connectivity index is 2.73. The predicted molar refractivity (Wildman–Crippen MR) is 63.0 cm³/mol. The number of amides is 1. The molecule has 5 nitrogen and oxygen atoms in total. The fourth-order valence-electron chi connectivity index (χ4n) is 1.58. The predicted octanol–water partition coefficient (Wildman–Crippen LogP) is 0.779. The third-order valence-electron chi connectivity index (χ3n) is 2.44. The summed E-state index contributed by atoms with van der Waals surface area (Å²) in [6, 6.07) is 6.85. The van der Waals surface area contributed by atoms with Crippen molar-refractivity contribution in [3.63, 3.8) is 0 Å². The zero-order valence-corrected chi connectivity index (χ0v) is 9.55. The molecule has 0 aliphatic carbocycles. The SMILES string of the molecule is Cc1cc(=O)n(-c2ccccc2F)nc1C(N)=O. The molecular formula is C12H10FN3O2. The molecule has 0 saturated carbocycles. The van der Waals surface area contributed by atoms with Crippen molar-refractivity contribution in [3.05, 3.63) is 57.8 Å². The van der Waals surface area contributed by atoms with Crippen molar-refractivity contribution >= 4 is 5.91 Å². The van der Waals surface area contributed by atoms with Crippen LogP contribution in [0, 0.1) is 12.7 Å². The molecule has 2 aromatic rings. The Morgan fingerprint density at radius 3 is 2.67 bits per heavy atom. The first-order valence-corrected chi connectivity index (χ1v) is 5.16. The van der Waals surface area contributed by atoms with Crippen molar-refractivity contribution in [1.29, 1.82) is 0 Å². The summed E-state index contributed by atoms with van der Waals surface area (Å²) in [4.78, 5) is 22.9. The van der Waals surface area contributed by atoms with E-state index in [1.54, 1.807) is 13.0 Å². The van der Waals surface area contributed by atoms with Crippen molar-refractivity contribution in [2.24, 2.45) is 5.73 Å². The Kier molecular flexibility index (Phi) is 2.93. The first-order valence-electron chi connectivity index (χ1n) is 5.16. The molecule has 0 aliphatic rings. The highest BCUT2D eigenvalue weighted by Crippen LogP contribution is 2.10. The molecule has 18 heavy (non-hydrogen) atoms. The average molecular weight is 247 g/mol. The molecule has 0 bridgehead atoms. The van der Waals surface area contributed by atoms with Crippen LogP contribution in [-0.2, 0) is 0 Å². The average Bonchev–Trinajstić information content (AvgIpc) is 2.30. The fourth-order valence-corrected chi connectivity index (χ4v) is 1.58. The molecule has 6 heteroatoms. The number of nitrogens with zero attached hydrogens (tertiary/aromatic N) is 2. The normalized spacial score (nSPS) is 10.3. The lowest BCUT2D eigenvalue weighted by atomic mass is 10.2. The number of carbonyl (C=O) groups excluding carboxylic acids is 1. The standard InChI is InChI=1S/C12H10FN3O2/c1-7-6-10(17)16(15-11(7)12(14)18)9-5-3-2-4-8(9)13/h2-6H,1H3,(H2,14,18). The van der Waals surface area contributed by atoms with Crippen LogP contribution < -0.4 is 11.3 Å². The van der Waals surface area contributed by atoms with Crippen molar-refractivity contribution in [2.75, 3.05) is 0 Å². The van der Waals surface area contributed by atoms with E-state index in [1.807, 2.05) is 0 Å². The summed E-state index contributed by atoms with van der Waals surface area (Å²) in [7, 11) is 0. The maximum Gasteiger partial charge on any atom is 0.271 e.